The van der Waals surface area contributed by atoms with Gasteiger partial charge in [0.25, 0.3) is 5.91 Å². The fraction of sp³-hybridized carbons (Fsp3) is 0.692. The van der Waals surface area contributed by atoms with Gasteiger partial charge in [-0.3, -0.25) is 9.59 Å². The van der Waals surface area contributed by atoms with E-state index >= 15 is 0 Å². The molecule has 1 aliphatic carbocycles. The molecule has 0 aromatic carbocycles. The summed E-state index contributed by atoms with van der Waals surface area (Å²) in [5.41, 5.74) is 0.782. The number of nitrogens with zero attached hydrogens (tertiary/aromatic N) is 3. The molecule has 1 saturated carbocycles. The highest BCUT2D eigenvalue weighted by molar-refractivity contribution is 7.07. The summed E-state index contributed by atoms with van der Waals surface area (Å²) < 4.78 is 8.62. The van der Waals surface area contributed by atoms with Gasteiger partial charge in [0.2, 0.25) is 0 Å². The summed E-state index contributed by atoms with van der Waals surface area (Å²) in [5, 5.41) is 3.88. The normalized spacial score (nSPS) is 23.7. The minimum atomic E-state index is -0.104. The topological polar surface area (TPSA) is 72.4 Å². The van der Waals surface area contributed by atoms with Crippen LogP contribution in [0.4, 0.5) is 0 Å². The van der Waals surface area contributed by atoms with Gasteiger partial charge in [-0.05, 0) is 43.1 Å². The Hall–Kier alpha value is -1.50. The van der Waals surface area contributed by atoms with Gasteiger partial charge in [-0.2, -0.15) is 0 Å². The zero-order valence-electron chi connectivity index (χ0n) is 11.6. The van der Waals surface area contributed by atoms with Crippen LogP contribution in [0.3, 0.4) is 0 Å². The molecule has 0 radical (unpaired) electrons. The fourth-order valence-corrected chi connectivity index (χ4v) is 3.73. The quantitative estimate of drug-likeness (QED) is 0.768. The molecule has 1 spiro atoms. The van der Waals surface area contributed by atoms with E-state index in [0.29, 0.717) is 23.7 Å². The molecule has 0 bridgehead atoms. The second-order valence-electron chi connectivity index (χ2n) is 5.62. The number of amides is 1. The summed E-state index contributed by atoms with van der Waals surface area (Å²) in [5.74, 6) is -0.0496. The van der Waals surface area contributed by atoms with Crippen LogP contribution in [0.1, 0.15) is 34.6 Å². The summed E-state index contributed by atoms with van der Waals surface area (Å²) in [6, 6.07) is 0. The van der Waals surface area contributed by atoms with E-state index in [1.54, 1.807) is 6.92 Å². The van der Waals surface area contributed by atoms with Crippen molar-refractivity contribution in [3.63, 3.8) is 0 Å². The van der Waals surface area contributed by atoms with Crippen molar-refractivity contribution in [1.29, 1.82) is 0 Å². The van der Waals surface area contributed by atoms with Crippen molar-refractivity contribution < 1.29 is 14.3 Å². The number of hydrogen-bond donors (Lipinski definition) is 0. The first-order chi connectivity index (χ1) is 9.57. The number of aryl methyl sites for hydroxylation is 1. The number of ether oxygens (including phenoxy) is 1. The number of carbonyl (C=O) groups excluding carboxylic acids is 2. The summed E-state index contributed by atoms with van der Waals surface area (Å²) >= 11 is 1.15. The number of hydrogen-bond acceptors (Lipinski definition) is 6. The predicted octanol–water partition coefficient (Wildman–Crippen LogP) is 1.26. The third-order valence-electron chi connectivity index (χ3n) is 4.57. The van der Waals surface area contributed by atoms with E-state index in [9.17, 15) is 9.59 Å². The van der Waals surface area contributed by atoms with Crippen LogP contribution in [0.15, 0.2) is 0 Å². The maximum Gasteiger partial charge on any atom is 0.309 e. The molecule has 2 heterocycles. The van der Waals surface area contributed by atoms with Gasteiger partial charge in [0.15, 0.2) is 0 Å². The number of likely N-dealkylation sites (tertiary alicyclic amines) is 1. The second kappa shape index (κ2) is 4.80. The number of piperidine rings is 1. The van der Waals surface area contributed by atoms with E-state index in [4.69, 9.17) is 4.74 Å². The summed E-state index contributed by atoms with van der Waals surface area (Å²) in [7, 11) is 1.44. The van der Waals surface area contributed by atoms with Crippen LogP contribution in [-0.4, -0.2) is 46.6 Å². The average Bonchev–Trinajstić information content (AvgIpc) is 2.98. The Morgan fingerprint density at radius 2 is 2.10 bits per heavy atom. The lowest BCUT2D eigenvalue weighted by Gasteiger charge is -2.32. The first-order valence-electron chi connectivity index (χ1n) is 6.73. The average molecular weight is 295 g/mol. The first-order valence-corrected chi connectivity index (χ1v) is 7.51. The molecule has 7 heteroatoms. The Labute approximate surface area is 121 Å². The van der Waals surface area contributed by atoms with Crippen LogP contribution in [0.5, 0.6) is 0 Å². The Kier molecular flexibility index (Phi) is 3.24. The summed E-state index contributed by atoms with van der Waals surface area (Å²) in [6.07, 6.45) is 2.66. The van der Waals surface area contributed by atoms with Crippen molar-refractivity contribution in [2.75, 3.05) is 20.2 Å². The third kappa shape index (κ3) is 2.09. The molecule has 20 heavy (non-hydrogen) atoms. The lowest BCUT2D eigenvalue weighted by atomic mass is 9.90. The van der Waals surface area contributed by atoms with E-state index in [1.165, 1.54) is 7.11 Å². The SMILES string of the molecule is COC(=O)[C@H]1CC12CCN(C(=O)c1snnc1C)CC2. The molecule has 2 aliphatic rings. The van der Waals surface area contributed by atoms with Gasteiger partial charge in [0.05, 0.1) is 18.7 Å². The summed E-state index contributed by atoms with van der Waals surface area (Å²) in [6.45, 7) is 3.20. The lowest BCUT2D eigenvalue weighted by Crippen LogP contribution is -2.40. The summed E-state index contributed by atoms with van der Waals surface area (Å²) in [4.78, 5) is 26.4. The van der Waals surface area contributed by atoms with Gasteiger partial charge in [0.1, 0.15) is 4.88 Å². The highest BCUT2D eigenvalue weighted by Crippen LogP contribution is 2.59. The zero-order chi connectivity index (χ0) is 14.3. The molecule has 1 atom stereocenters. The van der Waals surface area contributed by atoms with Crippen molar-refractivity contribution in [3.05, 3.63) is 10.6 Å². The van der Waals surface area contributed by atoms with Gasteiger partial charge in [-0.1, -0.05) is 4.49 Å². The lowest BCUT2D eigenvalue weighted by molar-refractivity contribution is -0.143. The largest absolute Gasteiger partial charge is 0.469 e. The molecule has 1 amide bonds. The van der Waals surface area contributed by atoms with Gasteiger partial charge in [-0.15, -0.1) is 5.10 Å². The minimum Gasteiger partial charge on any atom is -0.469 e. The van der Waals surface area contributed by atoms with Crippen molar-refractivity contribution in [3.8, 4) is 0 Å². The minimum absolute atomic E-state index is 0.0163. The number of carbonyl (C=O) groups is 2. The molecule has 6 nitrogen and oxygen atoms in total. The van der Waals surface area contributed by atoms with Crippen LogP contribution < -0.4 is 0 Å². The van der Waals surface area contributed by atoms with Gasteiger partial charge >= 0.3 is 5.97 Å². The molecule has 108 valence electrons. The van der Waals surface area contributed by atoms with E-state index in [0.717, 1.165) is 30.8 Å². The monoisotopic (exact) mass is 295 g/mol. The molecular weight excluding hydrogens is 278 g/mol. The molecule has 3 rings (SSSR count). The zero-order valence-corrected chi connectivity index (χ0v) is 12.4. The fourth-order valence-electron chi connectivity index (χ4n) is 3.10. The molecular formula is C13H17N3O3S. The molecule has 1 saturated heterocycles. The maximum absolute atomic E-state index is 12.3. The van der Waals surface area contributed by atoms with Gasteiger partial charge in [0, 0.05) is 13.1 Å². The van der Waals surface area contributed by atoms with Crippen molar-refractivity contribution in [1.82, 2.24) is 14.5 Å². The van der Waals surface area contributed by atoms with E-state index in [-0.39, 0.29) is 23.2 Å². The number of esters is 1. The smallest absolute Gasteiger partial charge is 0.309 e. The first kappa shape index (κ1) is 13.5. The van der Waals surface area contributed by atoms with Gasteiger partial charge < -0.3 is 9.64 Å². The van der Waals surface area contributed by atoms with Crippen LogP contribution >= 0.6 is 11.5 Å². The highest BCUT2D eigenvalue weighted by atomic mass is 32.1. The van der Waals surface area contributed by atoms with Crippen molar-refractivity contribution >= 4 is 23.4 Å². The number of methoxy groups -OCH3 is 1. The van der Waals surface area contributed by atoms with Crippen LogP contribution in [0.2, 0.25) is 0 Å². The Morgan fingerprint density at radius 3 is 2.65 bits per heavy atom. The van der Waals surface area contributed by atoms with E-state index < -0.39 is 0 Å². The van der Waals surface area contributed by atoms with Gasteiger partial charge in [-0.25, -0.2) is 0 Å². The van der Waals surface area contributed by atoms with Crippen LogP contribution in [0.25, 0.3) is 0 Å². The van der Waals surface area contributed by atoms with Crippen molar-refractivity contribution in [2.45, 2.75) is 26.2 Å². The highest BCUT2D eigenvalue weighted by Gasteiger charge is 2.59. The molecule has 0 unspecified atom stereocenters. The molecule has 0 N–H and O–H groups in total. The van der Waals surface area contributed by atoms with Crippen LogP contribution in [0, 0.1) is 18.3 Å². The Balaban J connectivity index is 1.61. The molecule has 1 aliphatic heterocycles. The number of rotatable bonds is 2. The van der Waals surface area contributed by atoms with Crippen molar-refractivity contribution in [2.24, 2.45) is 11.3 Å². The van der Waals surface area contributed by atoms with E-state index in [1.807, 2.05) is 4.90 Å². The molecule has 1 aromatic rings. The maximum atomic E-state index is 12.3. The molecule has 1 aromatic heterocycles. The second-order valence-corrected chi connectivity index (χ2v) is 6.38. The third-order valence-corrected chi connectivity index (χ3v) is 5.38. The number of aromatic nitrogens is 2. The standard InChI is InChI=1S/C13H17N3O3S/c1-8-10(20-15-14-8)11(17)16-5-3-13(4-6-16)7-9(13)12(18)19-2/h9H,3-7H2,1-2H3/t9-/m1/s1. The van der Waals surface area contributed by atoms with Crippen LogP contribution in [-0.2, 0) is 9.53 Å². The Bertz CT molecular complexity index is 549. The Morgan fingerprint density at radius 1 is 1.40 bits per heavy atom. The predicted molar refractivity (Wildman–Crippen MR) is 72.3 cm³/mol. The van der Waals surface area contributed by atoms with E-state index in [2.05, 4.69) is 9.59 Å². The molecule has 2 fully saturated rings.